The predicted molar refractivity (Wildman–Crippen MR) is 122 cm³/mol. The molecule has 2 aromatic rings. The Morgan fingerprint density at radius 2 is 1.13 bits per heavy atom. The quantitative estimate of drug-likeness (QED) is 0.453. The highest BCUT2D eigenvalue weighted by Gasteiger charge is 2.23. The number of urea groups is 2. The molecule has 160 valence electrons. The minimum atomic E-state index is -0.222. The van der Waals surface area contributed by atoms with Gasteiger partial charge >= 0.3 is 12.1 Å². The Labute approximate surface area is 186 Å². The fourth-order valence-electron chi connectivity index (χ4n) is 3.66. The molecule has 1 aliphatic rings. The van der Waals surface area contributed by atoms with Crippen LogP contribution in [0.3, 0.4) is 0 Å². The van der Waals surface area contributed by atoms with E-state index in [0.29, 0.717) is 46.3 Å². The average Bonchev–Trinajstić information content (AvgIpc) is 2.74. The summed E-state index contributed by atoms with van der Waals surface area (Å²) in [5.74, 6) is 0.807. The lowest BCUT2D eigenvalue weighted by Gasteiger charge is -2.29. The van der Waals surface area contributed by atoms with Crippen LogP contribution in [0.2, 0.25) is 10.0 Å². The number of halogens is 2. The smallest absolute Gasteiger partial charge is 0.319 e. The second-order valence-corrected chi connectivity index (χ2v) is 8.46. The van der Waals surface area contributed by atoms with Crippen LogP contribution in [0.15, 0.2) is 48.5 Å². The molecular weight excluding hydrogens is 423 g/mol. The van der Waals surface area contributed by atoms with Crippen molar-refractivity contribution in [3.05, 3.63) is 58.6 Å². The summed E-state index contributed by atoms with van der Waals surface area (Å²) in [5, 5.41) is 12.8. The van der Waals surface area contributed by atoms with Gasteiger partial charge in [0.05, 0.1) is 0 Å². The molecule has 1 saturated carbocycles. The molecule has 0 heterocycles. The Bertz CT molecular complexity index is 774. The number of anilines is 2. The molecule has 2 aromatic carbocycles. The van der Waals surface area contributed by atoms with Crippen LogP contribution >= 0.6 is 23.2 Å². The normalized spacial score (nSPS) is 18.3. The minimum Gasteiger partial charge on any atom is -0.338 e. The van der Waals surface area contributed by atoms with Crippen molar-refractivity contribution in [3.63, 3.8) is 0 Å². The first-order valence-corrected chi connectivity index (χ1v) is 10.8. The molecule has 1 fully saturated rings. The van der Waals surface area contributed by atoms with Gasteiger partial charge in [-0.15, -0.1) is 0 Å². The predicted octanol–water partition coefficient (Wildman–Crippen LogP) is 5.74. The first kappa shape index (κ1) is 22.2. The Kier molecular flexibility index (Phi) is 8.22. The van der Waals surface area contributed by atoms with E-state index in [1.165, 1.54) is 0 Å². The molecule has 3 rings (SSSR count). The van der Waals surface area contributed by atoms with E-state index in [9.17, 15) is 9.59 Å². The molecule has 1 aliphatic carbocycles. The lowest BCUT2D eigenvalue weighted by molar-refractivity contribution is 0.230. The first-order valence-electron chi connectivity index (χ1n) is 10.1. The van der Waals surface area contributed by atoms with Gasteiger partial charge in [0.15, 0.2) is 0 Å². The molecule has 8 heteroatoms. The number of amides is 4. The van der Waals surface area contributed by atoms with E-state index in [2.05, 4.69) is 21.3 Å². The van der Waals surface area contributed by atoms with E-state index < -0.39 is 0 Å². The monoisotopic (exact) mass is 448 g/mol. The van der Waals surface area contributed by atoms with E-state index in [1.54, 1.807) is 48.5 Å². The van der Waals surface area contributed by atoms with Crippen LogP contribution in [0, 0.1) is 11.8 Å². The third-order valence-corrected chi connectivity index (χ3v) is 5.70. The summed E-state index contributed by atoms with van der Waals surface area (Å²) in [5.41, 5.74) is 1.41. The van der Waals surface area contributed by atoms with Crippen molar-refractivity contribution < 1.29 is 9.59 Å². The van der Waals surface area contributed by atoms with Gasteiger partial charge in [-0.1, -0.05) is 29.6 Å². The molecular formula is C22H26Cl2N4O2. The largest absolute Gasteiger partial charge is 0.338 e. The van der Waals surface area contributed by atoms with Gasteiger partial charge in [0.1, 0.15) is 0 Å². The van der Waals surface area contributed by atoms with E-state index in [4.69, 9.17) is 23.2 Å². The highest BCUT2D eigenvalue weighted by molar-refractivity contribution is 6.30. The van der Waals surface area contributed by atoms with Crippen LogP contribution in [-0.2, 0) is 0 Å². The maximum Gasteiger partial charge on any atom is 0.319 e. The van der Waals surface area contributed by atoms with Crippen LogP contribution in [-0.4, -0.2) is 25.2 Å². The third-order valence-electron chi connectivity index (χ3n) is 5.20. The van der Waals surface area contributed by atoms with Gasteiger partial charge in [-0.25, -0.2) is 9.59 Å². The summed E-state index contributed by atoms with van der Waals surface area (Å²) < 4.78 is 0. The number of benzene rings is 2. The number of carbonyl (C=O) groups excluding carboxylic acids is 2. The van der Waals surface area contributed by atoms with Gasteiger partial charge in [0.25, 0.3) is 0 Å². The molecule has 0 spiro atoms. The Hall–Kier alpha value is -2.44. The molecule has 0 radical (unpaired) electrons. The highest BCUT2D eigenvalue weighted by Crippen LogP contribution is 2.28. The Balaban J connectivity index is 1.36. The maximum absolute atomic E-state index is 12.1. The maximum atomic E-state index is 12.1. The molecule has 4 amide bonds. The van der Waals surface area contributed by atoms with Crippen molar-refractivity contribution >= 4 is 46.6 Å². The van der Waals surface area contributed by atoms with Gasteiger partial charge in [-0.2, -0.15) is 0 Å². The van der Waals surface area contributed by atoms with E-state index in [-0.39, 0.29) is 12.1 Å². The summed E-state index contributed by atoms with van der Waals surface area (Å²) in [6.45, 7) is 1.24. The van der Waals surface area contributed by atoms with Crippen molar-refractivity contribution in [3.8, 4) is 0 Å². The average molecular weight is 449 g/mol. The van der Waals surface area contributed by atoms with Crippen LogP contribution in [0.4, 0.5) is 21.0 Å². The number of nitrogens with one attached hydrogen (secondary N) is 4. The van der Waals surface area contributed by atoms with Crippen LogP contribution in [0.5, 0.6) is 0 Å². The van der Waals surface area contributed by atoms with E-state index >= 15 is 0 Å². The van der Waals surface area contributed by atoms with Crippen molar-refractivity contribution in [1.82, 2.24) is 10.6 Å². The topological polar surface area (TPSA) is 82.3 Å². The number of rotatable bonds is 6. The summed E-state index contributed by atoms with van der Waals surface area (Å²) >= 11 is 11.7. The van der Waals surface area contributed by atoms with Crippen molar-refractivity contribution in [1.29, 1.82) is 0 Å². The number of carbonyl (C=O) groups is 2. The zero-order valence-corrected chi connectivity index (χ0v) is 18.1. The molecule has 2 atom stereocenters. The lowest BCUT2D eigenvalue weighted by atomic mass is 9.81. The van der Waals surface area contributed by atoms with E-state index in [1.807, 2.05) is 0 Å². The van der Waals surface area contributed by atoms with Crippen molar-refractivity contribution in [2.45, 2.75) is 25.7 Å². The Morgan fingerprint density at radius 3 is 1.53 bits per heavy atom. The molecule has 0 bridgehead atoms. The summed E-state index contributed by atoms with van der Waals surface area (Å²) in [4.78, 5) is 24.2. The summed E-state index contributed by atoms with van der Waals surface area (Å²) in [7, 11) is 0. The fraction of sp³-hybridized carbons (Fsp3) is 0.364. The van der Waals surface area contributed by atoms with Gasteiger partial charge in [-0.05, 0) is 79.6 Å². The molecule has 0 aliphatic heterocycles. The molecule has 30 heavy (non-hydrogen) atoms. The Morgan fingerprint density at radius 1 is 0.733 bits per heavy atom. The fourth-order valence-corrected chi connectivity index (χ4v) is 3.92. The molecule has 6 nitrogen and oxygen atoms in total. The van der Waals surface area contributed by atoms with Gasteiger partial charge in [-0.3, -0.25) is 0 Å². The zero-order chi connectivity index (χ0) is 21.3. The third kappa shape index (κ3) is 7.43. The first-order chi connectivity index (χ1) is 14.5. The second-order valence-electron chi connectivity index (χ2n) is 7.58. The molecule has 0 unspecified atom stereocenters. The van der Waals surface area contributed by atoms with Gasteiger partial charge in [0.2, 0.25) is 0 Å². The summed E-state index contributed by atoms with van der Waals surface area (Å²) in [6.07, 6.45) is 4.22. The molecule has 4 N–H and O–H groups in total. The zero-order valence-electron chi connectivity index (χ0n) is 16.6. The van der Waals surface area contributed by atoms with E-state index in [0.717, 1.165) is 25.7 Å². The number of hydrogen-bond donors (Lipinski definition) is 4. The molecule has 0 saturated heterocycles. The lowest BCUT2D eigenvalue weighted by Crippen LogP contribution is -2.38. The van der Waals surface area contributed by atoms with Gasteiger partial charge in [0, 0.05) is 34.5 Å². The standard InChI is InChI=1S/C22H26Cl2N4O2/c23-17-4-8-19(9-5-17)27-21(29)25-13-15-2-1-3-16(12-15)14-26-22(30)28-20-10-6-18(24)7-11-20/h4-11,15-16H,1-3,12-14H2,(H2,25,27,29)(H2,26,28,30)/t15-,16+. The molecule has 0 aromatic heterocycles. The SMILES string of the molecule is O=C(NC[C@H]1CCC[C@@H](CNC(=O)Nc2ccc(Cl)cc2)C1)Nc1ccc(Cl)cc1. The highest BCUT2D eigenvalue weighted by atomic mass is 35.5. The van der Waals surface area contributed by atoms with Gasteiger partial charge < -0.3 is 21.3 Å². The van der Waals surface area contributed by atoms with Crippen molar-refractivity contribution in [2.75, 3.05) is 23.7 Å². The van der Waals surface area contributed by atoms with Crippen LogP contribution < -0.4 is 21.3 Å². The van der Waals surface area contributed by atoms with Crippen LogP contribution in [0.1, 0.15) is 25.7 Å². The minimum absolute atomic E-state index is 0.222. The summed E-state index contributed by atoms with van der Waals surface area (Å²) in [6, 6.07) is 13.5. The number of hydrogen-bond acceptors (Lipinski definition) is 2. The van der Waals surface area contributed by atoms with Crippen LogP contribution in [0.25, 0.3) is 0 Å². The van der Waals surface area contributed by atoms with Crippen molar-refractivity contribution in [2.24, 2.45) is 11.8 Å². The second kappa shape index (κ2) is 11.1.